The van der Waals surface area contributed by atoms with Gasteiger partial charge in [0.1, 0.15) is 12.4 Å². The van der Waals surface area contributed by atoms with Crippen LogP contribution in [0.1, 0.15) is 25.0 Å². The van der Waals surface area contributed by atoms with E-state index in [1.165, 1.54) is 16.9 Å². The molecule has 1 aliphatic rings. The number of benzene rings is 2. The Bertz CT molecular complexity index is 923. The summed E-state index contributed by atoms with van der Waals surface area (Å²) in [5.41, 5.74) is 4.90. The maximum Gasteiger partial charge on any atom is 0.410 e. The van der Waals surface area contributed by atoms with Gasteiger partial charge in [0.2, 0.25) is 0 Å². The van der Waals surface area contributed by atoms with Gasteiger partial charge in [0.15, 0.2) is 0 Å². The SMILES string of the molecule is O=C(OCc1cscn1)N1CCC(CCOc2cccc(-c3ccccc3)c2)CC1. The van der Waals surface area contributed by atoms with Crippen LogP contribution in [-0.2, 0) is 11.3 Å². The van der Waals surface area contributed by atoms with Crippen LogP contribution in [0, 0.1) is 5.92 Å². The second-order valence-electron chi connectivity index (χ2n) is 7.50. The van der Waals surface area contributed by atoms with Gasteiger partial charge in [0.25, 0.3) is 0 Å². The molecule has 1 fully saturated rings. The third kappa shape index (κ3) is 5.60. The van der Waals surface area contributed by atoms with Crippen molar-refractivity contribution in [3.8, 4) is 16.9 Å². The maximum absolute atomic E-state index is 12.2. The first-order valence-corrected chi connectivity index (χ1v) is 11.3. The van der Waals surface area contributed by atoms with Gasteiger partial charge in [-0.25, -0.2) is 9.78 Å². The lowest BCUT2D eigenvalue weighted by atomic mass is 9.94. The molecule has 1 aliphatic heterocycles. The van der Waals surface area contributed by atoms with Crippen LogP contribution >= 0.6 is 11.3 Å². The second-order valence-corrected chi connectivity index (χ2v) is 8.21. The Balaban J connectivity index is 1.18. The molecule has 2 aromatic carbocycles. The van der Waals surface area contributed by atoms with Crippen LogP contribution in [0.4, 0.5) is 4.79 Å². The number of ether oxygens (including phenoxy) is 2. The van der Waals surface area contributed by atoms with Crippen molar-refractivity contribution in [3.63, 3.8) is 0 Å². The number of aromatic nitrogens is 1. The summed E-state index contributed by atoms with van der Waals surface area (Å²) in [5, 5.41) is 1.90. The Morgan fingerprint density at radius 2 is 1.87 bits per heavy atom. The molecule has 6 heteroatoms. The number of hydrogen-bond acceptors (Lipinski definition) is 5. The molecule has 4 rings (SSSR count). The topological polar surface area (TPSA) is 51.7 Å². The van der Waals surface area contributed by atoms with E-state index in [0.717, 1.165) is 49.4 Å². The van der Waals surface area contributed by atoms with Gasteiger partial charge < -0.3 is 14.4 Å². The molecule has 0 atom stereocenters. The highest BCUT2D eigenvalue weighted by atomic mass is 32.1. The van der Waals surface area contributed by atoms with E-state index in [9.17, 15) is 4.79 Å². The van der Waals surface area contributed by atoms with E-state index in [0.29, 0.717) is 12.5 Å². The fraction of sp³-hybridized carbons (Fsp3) is 0.333. The zero-order chi connectivity index (χ0) is 20.6. The Morgan fingerprint density at radius 3 is 2.63 bits per heavy atom. The van der Waals surface area contributed by atoms with Crippen molar-refractivity contribution in [2.75, 3.05) is 19.7 Å². The van der Waals surface area contributed by atoms with Gasteiger partial charge in [-0.2, -0.15) is 0 Å². The van der Waals surface area contributed by atoms with Crippen molar-refractivity contribution in [2.45, 2.75) is 25.9 Å². The monoisotopic (exact) mass is 422 g/mol. The number of nitrogens with zero attached hydrogens (tertiary/aromatic N) is 2. The summed E-state index contributed by atoms with van der Waals surface area (Å²) in [5.74, 6) is 1.48. The standard InChI is InChI=1S/C24H26N2O3S/c27-24(29-16-22-17-30-18-25-22)26-12-9-19(10-13-26)11-14-28-23-8-4-7-21(15-23)20-5-2-1-3-6-20/h1-8,15,17-19H,9-14,16H2. The molecule has 1 amide bonds. The quantitative estimate of drug-likeness (QED) is 0.495. The Hall–Kier alpha value is -2.86. The largest absolute Gasteiger partial charge is 0.494 e. The van der Waals surface area contributed by atoms with Gasteiger partial charge in [-0.3, -0.25) is 0 Å². The third-order valence-electron chi connectivity index (χ3n) is 5.44. The van der Waals surface area contributed by atoms with Gasteiger partial charge in [0, 0.05) is 18.5 Å². The van der Waals surface area contributed by atoms with Crippen LogP contribution in [0.2, 0.25) is 0 Å². The number of hydrogen-bond donors (Lipinski definition) is 0. The van der Waals surface area contributed by atoms with Crippen LogP contribution in [0.15, 0.2) is 65.5 Å². The maximum atomic E-state index is 12.2. The van der Waals surface area contributed by atoms with Crippen molar-refractivity contribution in [2.24, 2.45) is 5.92 Å². The summed E-state index contributed by atoms with van der Waals surface area (Å²) >= 11 is 1.50. The lowest BCUT2D eigenvalue weighted by Crippen LogP contribution is -2.39. The van der Waals surface area contributed by atoms with Crippen LogP contribution in [0.5, 0.6) is 5.75 Å². The molecular weight excluding hydrogens is 396 g/mol. The van der Waals surface area contributed by atoms with Gasteiger partial charge in [0.05, 0.1) is 17.8 Å². The zero-order valence-electron chi connectivity index (χ0n) is 16.9. The van der Waals surface area contributed by atoms with E-state index >= 15 is 0 Å². The fourth-order valence-corrected chi connectivity index (χ4v) is 4.22. The zero-order valence-corrected chi connectivity index (χ0v) is 17.7. The summed E-state index contributed by atoms with van der Waals surface area (Å²) in [6, 6.07) is 18.6. The first-order valence-electron chi connectivity index (χ1n) is 10.3. The van der Waals surface area contributed by atoms with Crippen molar-refractivity contribution in [3.05, 3.63) is 71.2 Å². The fourth-order valence-electron chi connectivity index (χ4n) is 3.68. The summed E-state index contributed by atoms with van der Waals surface area (Å²) in [6.07, 6.45) is 2.73. The summed E-state index contributed by atoms with van der Waals surface area (Å²) in [7, 11) is 0. The molecule has 2 heterocycles. The predicted octanol–water partition coefficient (Wildman–Crippen LogP) is 5.63. The molecule has 0 spiro atoms. The van der Waals surface area contributed by atoms with Gasteiger partial charge in [-0.1, -0.05) is 42.5 Å². The molecule has 0 N–H and O–H groups in total. The van der Waals surface area contributed by atoms with Crippen molar-refractivity contribution < 1.29 is 14.3 Å². The van der Waals surface area contributed by atoms with E-state index in [2.05, 4.69) is 29.2 Å². The van der Waals surface area contributed by atoms with E-state index in [1.54, 1.807) is 10.4 Å². The van der Waals surface area contributed by atoms with Gasteiger partial charge in [-0.15, -0.1) is 11.3 Å². The van der Waals surface area contributed by atoms with Gasteiger partial charge >= 0.3 is 6.09 Å². The normalized spacial score (nSPS) is 14.5. The average Bonchev–Trinajstić information content (AvgIpc) is 3.32. The lowest BCUT2D eigenvalue weighted by molar-refractivity contribution is 0.0792. The molecular formula is C24H26N2O3S. The van der Waals surface area contributed by atoms with E-state index < -0.39 is 0 Å². The minimum absolute atomic E-state index is 0.240. The first-order chi connectivity index (χ1) is 14.8. The second kappa shape index (κ2) is 10.3. The number of carbonyl (C=O) groups is 1. The van der Waals surface area contributed by atoms with Crippen LogP contribution < -0.4 is 4.74 Å². The molecule has 0 bridgehead atoms. The molecule has 0 unspecified atom stereocenters. The van der Waals surface area contributed by atoms with Crippen LogP contribution in [-0.4, -0.2) is 35.7 Å². The molecule has 0 saturated carbocycles. The van der Waals surface area contributed by atoms with Crippen molar-refractivity contribution >= 4 is 17.4 Å². The minimum Gasteiger partial charge on any atom is -0.494 e. The number of carbonyl (C=O) groups excluding carboxylic acids is 1. The smallest absolute Gasteiger partial charge is 0.410 e. The molecule has 156 valence electrons. The van der Waals surface area contributed by atoms with Crippen molar-refractivity contribution in [1.29, 1.82) is 0 Å². The Labute approximate surface area is 181 Å². The molecule has 0 radical (unpaired) electrons. The number of piperidine rings is 1. The van der Waals surface area contributed by atoms with Crippen LogP contribution in [0.25, 0.3) is 11.1 Å². The number of likely N-dealkylation sites (tertiary alicyclic amines) is 1. The van der Waals surface area contributed by atoms with Crippen LogP contribution in [0.3, 0.4) is 0 Å². The molecule has 3 aromatic rings. The molecule has 30 heavy (non-hydrogen) atoms. The number of rotatable bonds is 7. The highest BCUT2D eigenvalue weighted by Gasteiger charge is 2.23. The Morgan fingerprint density at radius 1 is 1.07 bits per heavy atom. The van der Waals surface area contributed by atoms with Crippen molar-refractivity contribution in [1.82, 2.24) is 9.88 Å². The first kappa shape index (κ1) is 20.4. The molecule has 1 saturated heterocycles. The van der Waals surface area contributed by atoms with E-state index in [1.807, 2.05) is 35.7 Å². The summed E-state index contributed by atoms with van der Waals surface area (Å²) in [6.45, 7) is 2.42. The number of thiazole rings is 1. The predicted molar refractivity (Wildman–Crippen MR) is 119 cm³/mol. The average molecular weight is 423 g/mol. The van der Waals surface area contributed by atoms with Gasteiger partial charge in [-0.05, 0) is 48.4 Å². The van der Waals surface area contributed by atoms with E-state index in [4.69, 9.17) is 9.47 Å². The summed E-state index contributed by atoms with van der Waals surface area (Å²) < 4.78 is 11.4. The Kier molecular flexibility index (Phi) is 6.98. The highest BCUT2D eigenvalue weighted by molar-refractivity contribution is 7.07. The minimum atomic E-state index is -0.240. The van der Waals surface area contributed by atoms with E-state index in [-0.39, 0.29) is 12.7 Å². The number of amides is 1. The molecule has 1 aromatic heterocycles. The highest BCUT2D eigenvalue weighted by Crippen LogP contribution is 2.25. The lowest BCUT2D eigenvalue weighted by Gasteiger charge is -2.31. The summed E-state index contributed by atoms with van der Waals surface area (Å²) in [4.78, 5) is 18.1. The third-order valence-corrected chi connectivity index (χ3v) is 6.07. The molecule has 5 nitrogen and oxygen atoms in total. The molecule has 0 aliphatic carbocycles.